The van der Waals surface area contributed by atoms with Gasteiger partial charge >= 0.3 is 7.60 Å². The van der Waals surface area contributed by atoms with Crippen LogP contribution < -0.4 is 9.61 Å². The fourth-order valence-corrected chi connectivity index (χ4v) is 7.82. The van der Waals surface area contributed by atoms with Crippen LogP contribution in [0.3, 0.4) is 0 Å². The summed E-state index contributed by atoms with van der Waals surface area (Å²) in [7, 11) is -7.36. The van der Waals surface area contributed by atoms with Gasteiger partial charge in [-0.2, -0.15) is 0 Å². The number of amides is 1. The number of nitrogens with one attached hydrogen (secondary N) is 1. The first-order chi connectivity index (χ1) is 21.5. The minimum atomic E-state index is -3.74. The van der Waals surface area contributed by atoms with Crippen LogP contribution in [0, 0.1) is 0 Å². The van der Waals surface area contributed by atoms with Gasteiger partial charge in [0.25, 0.3) is 0 Å². The molecule has 3 aromatic carbocycles. The first-order valence-corrected chi connectivity index (χ1v) is 18.2. The molecule has 1 saturated heterocycles. The van der Waals surface area contributed by atoms with E-state index in [0.29, 0.717) is 57.5 Å². The highest BCUT2D eigenvalue weighted by molar-refractivity contribution is 7.92. The average Bonchev–Trinajstić information content (AvgIpc) is 3.67. The number of nitrogens with zero attached hydrogens (tertiary/aromatic N) is 3. The Kier molecular flexibility index (Phi) is 9.79. The molecule has 5 rings (SSSR count). The Morgan fingerprint density at radius 2 is 1.64 bits per heavy atom. The zero-order valence-electron chi connectivity index (χ0n) is 25.5. The summed E-state index contributed by atoms with van der Waals surface area (Å²) in [4.78, 5) is 22.4. The molecule has 11 nitrogen and oxygen atoms in total. The van der Waals surface area contributed by atoms with Crippen molar-refractivity contribution in [3.63, 3.8) is 0 Å². The van der Waals surface area contributed by atoms with Crippen LogP contribution in [-0.2, 0) is 28.4 Å². The molecule has 13 heteroatoms. The van der Waals surface area contributed by atoms with E-state index in [9.17, 15) is 22.9 Å². The molecule has 0 aliphatic carbocycles. The number of aromatic hydroxyl groups is 1. The summed E-state index contributed by atoms with van der Waals surface area (Å²) in [5.74, 6) is -0.369. The van der Waals surface area contributed by atoms with Gasteiger partial charge in [-0.25, -0.2) is 13.4 Å². The van der Waals surface area contributed by atoms with Gasteiger partial charge < -0.3 is 24.0 Å². The molecule has 1 fully saturated rings. The van der Waals surface area contributed by atoms with Crippen LogP contribution in [0.25, 0.3) is 10.9 Å². The van der Waals surface area contributed by atoms with Crippen molar-refractivity contribution in [2.75, 3.05) is 43.4 Å². The molecule has 0 bridgehead atoms. The molecule has 2 heterocycles. The van der Waals surface area contributed by atoms with Gasteiger partial charge in [0.05, 0.1) is 47.4 Å². The van der Waals surface area contributed by atoms with Crippen molar-refractivity contribution < 1.29 is 31.9 Å². The minimum Gasteiger partial charge on any atom is -0.494 e. The average molecular weight is 653 g/mol. The predicted octanol–water partition coefficient (Wildman–Crippen LogP) is 5.32. The van der Waals surface area contributed by atoms with Gasteiger partial charge in [0.2, 0.25) is 15.9 Å². The van der Waals surface area contributed by atoms with Gasteiger partial charge in [0, 0.05) is 29.6 Å². The number of benzene rings is 3. The third kappa shape index (κ3) is 7.15. The summed E-state index contributed by atoms with van der Waals surface area (Å²) >= 11 is 0. The maximum absolute atomic E-state index is 13.6. The van der Waals surface area contributed by atoms with E-state index in [1.54, 1.807) is 61.2 Å². The zero-order valence-corrected chi connectivity index (χ0v) is 27.2. The summed E-state index contributed by atoms with van der Waals surface area (Å²) < 4.78 is 51.2. The predicted molar refractivity (Wildman–Crippen MR) is 177 cm³/mol. The number of carbonyl (C=O) groups excluding carboxylic acids is 1. The Morgan fingerprint density at radius 1 is 1.00 bits per heavy atom. The molecular formula is C32H37N4O7PS. The Labute approximate surface area is 263 Å². The summed E-state index contributed by atoms with van der Waals surface area (Å²) in [5.41, 5.74) is 2.93. The van der Waals surface area contributed by atoms with Crippen LogP contribution in [0.1, 0.15) is 37.8 Å². The number of H-pyrrole nitrogens is 1. The molecule has 0 radical (unpaired) electrons. The molecule has 0 saturated carbocycles. The fraction of sp³-hybridized carbons (Fsp3) is 0.312. The third-order valence-corrected chi connectivity index (χ3v) is 10.7. The number of anilines is 1. The van der Waals surface area contributed by atoms with Crippen molar-refractivity contribution >= 4 is 56.8 Å². The molecule has 0 spiro atoms. The molecule has 1 aliphatic rings. The van der Waals surface area contributed by atoms with Crippen molar-refractivity contribution in [2.45, 2.75) is 26.7 Å². The lowest BCUT2D eigenvalue weighted by molar-refractivity contribution is -0.128. The number of likely N-dealkylation sites (tertiary alicyclic amines) is 1. The molecule has 1 aromatic heterocycles. The topological polar surface area (TPSA) is 142 Å². The van der Waals surface area contributed by atoms with Gasteiger partial charge in [0.15, 0.2) is 5.88 Å². The number of fused-ring (bicyclic) bond motifs is 1. The zero-order chi connectivity index (χ0) is 32.2. The van der Waals surface area contributed by atoms with Gasteiger partial charge in [-0.3, -0.25) is 13.7 Å². The summed E-state index contributed by atoms with van der Waals surface area (Å²) in [6.45, 7) is 4.84. The number of hydrogen-bond acceptors (Lipinski definition) is 8. The van der Waals surface area contributed by atoms with Crippen LogP contribution in [0.15, 0.2) is 77.8 Å². The van der Waals surface area contributed by atoms with E-state index in [1.807, 2.05) is 30.3 Å². The summed E-state index contributed by atoms with van der Waals surface area (Å²) in [5, 5.41) is 12.1. The summed E-state index contributed by atoms with van der Waals surface area (Å²) in [6.07, 6.45) is 2.90. The van der Waals surface area contributed by atoms with E-state index in [4.69, 9.17) is 14.0 Å². The highest BCUT2D eigenvalue weighted by atomic mass is 32.2. The lowest BCUT2D eigenvalue weighted by atomic mass is 10.0. The van der Waals surface area contributed by atoms with Crippen LogP contribution in [0.5, 0.6) is 5.88 Å². The van der Waals surface area contributed by atoms with Crippen LogP contribution >= 0.6 is 7.60 Å². The van der Waals surface area contributed by atoms with Crippen molar-refractivity contribution in [3.05, 3.63) is 83.9 Å². The summed E-state index contributed by atoms with van der Waals surface area (Å²) in [6, 6.07) is 20.8. The van der Waals surface area contributed by atoms with E-state index in [1.165, 1.54) is 0 Å². The van der Waals surface area contributed by atoms with E-state index in [0.717, 1.165) is 23.4 Å². The lowest BCUT2D eigenvalue weighted by Crippen LogP contribution is -2.41. The second-order valence-corrected chi connectivity index (χ2v) is 14.5. The molecule has 4 aromatic rings. The van der Waals surface area contributed by atoms with Crippen molar-refractivity contribution in [3.8, 4) is 5.88 Å². The Morgan fingerprint density at radius 3 is 2.24 bits per heavy atom. The van der Waals surface area contributed by atoms with E-state index < -0.39 is 17.6 Å². The fourth-order valence-electron chi connectivity index (χ4n) is 5.37. The number of sulfonamides is 1. The van der Waals surface area contributed by atoms with Gasteiger partial charge in [-0.1, -0.05) is 30.3 Å². The normalized spacial score (nSPS) is 14.3. The van der Waals surface area contributed by atoms with Crippen LogP contribution in [-0.4, -0.2) is 74.1 Å². The second-order valence-electron chi connectivity index (χ2n) is 10.6. The van der Waals surface area contributed by atoms with Gasteiger partial charge in [-0.05, 0) is 69.2 Å². The number of rotatable bonds is 12. The maximum atomic E-state index is 13.6. The number of aliphatic imine (C=N–C) groups is 1. The third-order valence-electron chi connectivity index (χ3n) is 7.48. The molecule has 1 amide bonds. The number of aromatic nitrogens is 1. The Balaban J connectivity index is 1.57. The number of aromatic amines is 1. The second kappa shape index (κ2) is 13.6. The standard InChI is InChI=1S/C32H37N4O7PS/c1-4-42-44(39,43-5-2)26-17-18-28-27(21-26)30(32(38)34-28)31(23-11-7-6-8-12-23)33-24-13-15-25(16-14-24)36(45(3,40)41)22-29(37)35-19-9-10-20-35/h6-8,11-18,21,34,38H,4-5,9-10,19-20,22H2,1-3H3. The SMILES string of the molecule is CCOP(=O)(OCC)c1ccc2[nH]c(O)c(C(=Nc3ccc(N(CC(=O)N4CCCC4)S(C)(=O)=O)cc3)c3ccccc3)c2c1. The van der Waals surface area contributed by atoms with Gasteiger partial charge in [-0.15, -0.1) is 0 Å². The highest BCUT2D eigenvalue weighted by Crippen LogP contribution is 2.47. The van der Waals surface area contributed by atoms with Crippen molar-refractivity contribution in [2.24, 2.45) is 4.99 Å². The highest BCUT2D eigenvalue weighted by Gasteiger charge is 2.29. The molecular weight excluding hydrogens is 615 g/mol. The number of hydrogen-bond donors (Lipinski definition) is 2. The minimum absolute atomic E-state index is 0.132. The number of carbonyl (C=O) groups is 1. The molecule has 238 valence electrons. The quantitative estimate of drug-likeness (QED) is 0.156. The van der Waals surface area contributed by atoms with E-state index in [-0.39, 0.29) is 31.5 Å². The molecule has 1 aliphatic heterocycles. The van der Waals surface area contributed by atoms with E-state index >= 15 is 0 Å². The smallest absolute Gasteiger partial charge is 0.361 e. The lowest BCUT2D eigenvalue weighted by Gasteiger charge is -2.25. The van der Waals surface area contributed by atoms with Crippen molar-refractivity contribution in [1.82, 2.24) is 9.88 Å². The molecule has 0 atom stereocenters. The first kappa shape index (κ1) is 32.4. The van der Waals surface area contributed by atoms with Crippen LogP contribution in [0.4, 0.5) is 11.4 Å². The van der Waals surface area contributed by atoms with E-state index in [2.05, 4.69) is 4.98 Å². The monoisotopic (exact) mass is 652 g/mol. The first-order valence-electron chi connectivity index (χ1n) is 14.8. The molecule has 45 heavy (non-hydrogen) atoms. The van der Waals surface area contributed by atoms with Crippen molar-refractivity contribution in [1.29, 1.82) is 0 Å². The Hall–Kier alpha value is -3.96. The Bertz CT molecular complexity index is 1840. The maximum Gasteiger partial charge on any atom is 0.361 e. The largest absolute Gasteiger partial charge is 0.494 e. The van der Waals surface area contributed by atoms with Gasteiger partial charge in [0.1, 0.15) is 6.54 Å². The molecule has 0 unspecified atom stereocenters. The molecule has 2 N–H and O–H groups in total. The van der Waals surface area contributed by atoms with Crippen LogP contribution in [0.2, 0.25) is 0 Å².